The second-order valence-electron chi connectivity index (χ2n) is 6.26. The summed E-state index contributed by atoms with van der Waals surface area (Å²) < 4.78 is 1.68. The molecule has 3 heterocycles. The zero-order valence-corrected chi connectivity index (χ0v) is 15.5. The zero-order valence-electron chi connectivity index (χ0n) is 15.5. The average Bonchev–Trinajstić information content (AvgIpc) is 3.19. The second-order valence-corrected chi connectivity index (χ2v) is 6.26. The van der Waals surface area contributed by atoms with E-state index < -0.39 is 0 Å². The van der Waals surface area contributed by atoms with Gasteiger partial charge < -0.3 is 10.4 Å². The Morgan fingerprint density at radius 1 is 1.10 bits per heavy atom. The highest BCUT2D eigenvalue weighted by Crippen LogP contribution is 2.25. The molecule has 0 atom stereocenters. The fourth-order valence-corrected chi connectivity index (χ4v) is 2.75. The van der Waals surface area contributed by atoms with Gasteiger partial charge >= 0.3 is 0 Å². The number of hydrogen-bond acceptors (Lipinski definition) is 9. The lowest BCUT2D eigenvalue weighted by Gasteiger charge is -2.09. The number of nitrogens with one attached hydrogen (secondary N) is 2. The topological polar surface area (TPSA) is 138 Å². The van der Waals surface area contributed by atoms with E-state index in [9.17, 15) is 5.11 Å². The van der Waals surface area contributed by atoms with E-state index in [4.69, 9.17) is 5.53 Å². The van der Waals surface area contributed by atoms with Gasteiger partial charge in [0.05, 0.1) is 30.5 Å². The highest BCUT2D eigenvalue weighted by molar-refractivity contribution is 5.64. The van der Waals surface area contributed by atoms with Crippen LogP contribution >= 0.6 is 0 Å². The third kappa shape index (κ3) is 4.05. The van der Waals surface area contributed by atoms with E-state index in [0.29, 0.717) is 23.9 Å². The van der Waals surface area contributed by atoms with Gasteiger partial charge in [0.1, 0.15) is 0 Å². The summed E-state index contributed by atoms with van der Waals surface area (Å²) in [6, 6.07) is 7.68. The molecular formula is C19H17N9O. The lowest BCUT2D eigenvalue weighted by Crippen LogP contribution is -2.03. The smallest absolute Gasteiger partial charge is 0.216 e. The summed E-state index contributed by atoms with van der Waals surface area (Å²) in [5.74, 6) is 1.15. The average molecular weight is 387 g/mol. The molecule has 0 bridgehead atoms. The van der Waals surface area contributed by atoms with E-state index >= 15 is 0 Å². The Morgan fingerprint density at radius 2 is 1.93 bits per heavy atom. The number of benzene rings is 1. The Morgan fingerprint density at radius 3 is 2.66 bits per heavy atom. The van der Waals surface area contributed by atoms with E-state index in [1.165, 1.54) is 12.4 Å². The largest absolute Gasteiger partial charge is 0.505 e. The first-order chi connectivity index (χ1) is 14.1. The van der Waals surface area contributed by atoms with Crippen LogP contribution in [-0.2, 0) is 13.6 Å². The number of anilines is 1. The van der Waals surface area contributed by atoms with Gasteiger partial charge in [-0.2, -0.15) is 5.10 Å². The third-order valence-electron chi connectivity index (χ3n) is 4.14. The summed E-state index contributed by atoms with van der Waals surface area (Å²) in [5.41, 5.74) is 10.6. The van der Waals surface area contributed by atoms with Crippen molar-refractivity contribution in [1.29, 1.82) is 5.53 Å². The van der Waals surface area contributed by atoms with Crippen molar-refractivity contribution in [3.8, 4) is 28.4 Å². The van der Waals surface area contributed by atoms with E-state index in [-0.39, 0.29) is 11.6 Å². The van der Waals surface area contributed by atoms with Crippen LogP contribution in [0.4, 0.5) is 11.6 Å². The molecule has 0 saturated heterocycles. The Bertz CT molecular complexity index is 1150. The SMILES string of the molecule is Cn1cc(-c2cnc(N=N)c(NCc3cccc(-c4ncc(O)cn4)c3)n2)cn1. The van der Waals surface area contributed by atoms with Crippen molar-refractivity contribution in [1.82, 2.24) is 29.7 Å². The van der Waals surface area contributed by atoms with Crippen molar-refractivity contribution in [2.45, 2.75) is 6.54 Å². The molecule has 10 nitrogen and oxygen atoms in total. The standard InChI is InChI=1S/C19H17N9O/c1-28-11-14(7-25-28)16-10-24-19(27-20)18(26-16)21-6-12-3-2-4-13(5-12)17-22-8-15(29)9-23-17/h2-5,7-11,20,29H,6H2,1H3,(H,21,26). The number of aromatic hydroxyl groups is 1. The van der Waals surface area contributed by atoms with E-state index in [1.807, 2.05) is 37.5 Å². The van der Waals surface area contributed by atoms with Gasteiger partial charge in [0.2, 0.25) is 5.82 Å². The van der Waals surface area contributed by atoms with Gasteiger partial charge in [-0.05, 0) is 11.6 Å². The lowest BCUT2D eigenvalue weighted by molar-refractivity contribution is 0.470. The fraction of sp³-hybridized carbons (Fsp3) is 0.105. The van der Waals surface area contributed by atoms with E-state index in [1.54, 1.807) is 17.1 Å². The van der Waals surface area contributed by atoms with Crippen molar-refractivity contribution in [2.24, 2.45) is 12.2 Å². The van der Waals surface area contributed by atoms with Crippen molar-refractivity contribution in [3.63, 3.8) is 0 Å². The molecule has 0 aliphatic rings. The predicted octanol–water partition coefficient (Wildman–Crippen LogP) is 3.31. The van der Waals surface area contributed by atoms with Gasteiger partial charge in [0, 0.05) is 30.9 Å². The van der Waals surface area contributed by atoms with Crippen LogP contribution in [0, 0.1) is 5.53 Å². The summed E-state index contributed by atoms with van der Waals surface area (Å²) >= 11 is 0. The molecule has 0 unspecified atom stereocenters. The quantitative estimate of drug-likeness (QED) is 0.431. The summed E-state index contributed by atoms with van der Waals surface area (Å²) in [5, 5.41) is 20.1. The Balaban J connectivity index is 1.56. The van der Waals surface area contributed by atoms with Crippen LogP contribution in [-0.4, -0.2) is 34.8 Å². The molecule has 0 aliphatic heterocycles. The summed E-state index contributed by atoms with van der Waals surface area (Å²) in [4.78, 5) is 17.0. The number of nitrogens with zero attached hydrogens (tertiary/aromatic N) is 7. The third-order valence-corrected chi connectivity index (χ3v) is 4.14. The second kappa shape index (κ2) is 7.80. The molecule has 144 valence electrons. The molecule has 0 saturated carbocycles. The predicted molar refractivity (Wildman–Crippen MR) is 106 cm³/mol. The highest BCUT2D eigenvalue weighted by Gasteiger charge is 2.10. The van der Waals surface area contributed by atoms with Gasteiger partial charge in [0.15, 0.2) is 17.4 Å². The molecule has 29 heavy (non-hydrogen) atoms. The van der Waals surface area contributed by atoms with Gasteiger partial charge in [-0.15, -0.1) is 5.11 Å². The Labute approximate surface area is 165 Å². The molecule has 0 spiro atoms. The van der Waals surface area contributed by atoms with Gasteiger partial charge in [-0.3, -0.25) is 4.68 Å². The van der Waals surface area contributed by atoms with Crippen LogP contribution in [0.15, 0.2) is 60.4 Å². The maximum Gasteiger partial charge on any atom is 0.216 e. The van der Waals surface area contributed by atoms with Gasteiger partial charge in [-0.1, -0.05) is 18.2 Å². The van der Waals surface area contributed by atoms with Crippen LogP contribution in [0.5, 0.6) is 5.75 Å². The van der Waals surface area contributed by atoms with Gasteiger partial charge in [-0.25, -0.2) is 25.5 Å². The van der Waals surface area contributed by atoms with Gasteiger partial charge in [0.25, 0.3) is 0 Å². The van der Waals surface area contributed by atoms with Crippen LogP contribution < -0.4 is 5.32 Å². The molecule has 3 N–H and O–H groups in total. The van der Waals surface area contributed by atoms with E-state index in [2.05, 4.69) is 35.5 Å². The summed E-state index contributed by atoms with van der Waals surface area (Å²) in [6.07, 6.45) is 7.82. The van der Waals surface area contributed by atoms with Crippen LogP contribution in [0.3, 0.4) is 0 Å². The van der Waals surface area contributed by atoms with Crippen molar-refractivity contribution < 1.29 is 5.11 Å². The highest BCUT2D eigenvalue weighted by atomic mass is 16.3. The molecule has 0 amide bonds. The minimum Gasteiger partial charge on any atom is -0.505 e. The minimum atomic E-state index is 0.0188. The molecule has 0 aliphatic carbocycles. The maximum absolute atomic E-state index is 9.35. The first-order valence-electron chi connectivity index (χ1n) is 8.70. The first kappa shape index (κ1) is 18.2. The molecule has 10 heteroatoms. The maximum atomic E-state index is 9.35. The van der Waals surface area contributed by atoms with E-state index in [0.717, 1.165) is 16.7 Å². The monoisotopic (exact) mass is 387 g/mol. The number of aromatic nitrogens is 6. The Kier molecular flexibility index (Phi) is 4.89. The summed E-state index contributed by atoms with van der Waals surface area (Å²) in [7, 11) is 1.83. The normalized spacial score (nSPS) is 10.7. The lowest BCUT2D eigenvalue weighted by atomic mass is 10.1. The molecule has 0 fully saturated rings. The molecule has 1 aromatic carbocycles. The molecule has 4 rings (SSSR count). The zero-order chi connectivity index (χ0) is 20.2. The first-order valence-corrected chi connectivity index (χ1v) is 8.70. The van der Waals surface area contributed by atoms with Crippen LogP contribution in [0.2, 0.25) is 0 Å². The molecular weight excluding hydrogens is 370 g/mol. The van der Waals surface area contributed by atoms with Crippen molar-refractivity contribution >= 4 is 11.6 Å². The Hall–Kier alpha value is -4.21. The number of aryl methyl sites for hydroxylation is 1. The number of rotatable bonds is 6. The minimum absolute atomic E-state index is 0.0188. The van der Waals surface area contributed by atoms with Crippen molar-refractivity contribution in [2.75, 3.05) is 5.32 Å². The fourth-order valence-electron chi connectivity index (χ4n) is 2.75. The molecule has 0 radical (unpaired) electrons. The van der Waals surface area contributed by atoms with Crippen LogP contribution in [0.25, 0.3) is 22.6 Å². The summed E-state index contributed by atoms with van der Waals surface area (Å²) in [6.45, 7) is 0.444. The molecule has 3 aromatic heterocycles. The van der Waals surface area contributed by atoms with Crippen LogP contribution in [0.1, 0.15) is 5.56 Å². The van der Waals surface area contributed by atoms with Crippen molar-refractivity contribution in [3.05, 3.63) is 60.8 Å². The molecule has 4 aromatic rings. The number of hydrogen-bond donors (Lipinski definition) is 3.